The van der Waals surface area contributed by atoms with Crippen molar-refractivity contribution in [2.75, 3.05) is 11.9 Å². The highest BCUT2D eigenvalue weighted by Gasteiger charge is 2.06. The van der Waals surface area contributed by atoms with Crippen LogP contribution in [0, 0.1) is 0 Å². The molecule has 0 fully saturated rings. The topological polar surface area (TPSA) is 77.0 Å². The van der Waals surface area contributed by atoms with Crippen molar-refractivity contribution >= 4 is 33.4 Å². The number of hydrogen-bond acceptors (Lipinski definition) is 6. The Balaban J connectivity index is 1.41. The van der Waals surface area contributed by atoms with Crippen LogP contribution in [0.2, 0.25) is 0 Å². The molecule has 2 aromatic carbocycles. The smallest absolute Gasteiger partial charge is 0.264 e. The summed E-state index contributed by atoms with van der Waals surface area (Å²) in [5.74, 6) is 0.362. The second-order valence-corrected chi connectivity index (χ2v) is 6.34. The Kier molecular flexibility index (Phi) is 4.53. The number of hydrogen-bond donors (Lipinski definition) is 1. The number of amides is 1. The molecule has 2 aromatic heterocycles. The number of benzene rings is 2. The molecule has 0 bridgehead atoms. The fraction of sp³-hybridized carbons (Fsp3) is 0.0526. The molecule has 1 N–H and O–H groups in total. The second-order valence-electron chi connectivity index (χ2n) is 5.44. The zero-order chi connectivity index (χ0) is 17.8. The van der Waals surface area contributed by atoms with Crippen LogP contribution in [-0.2, 0) is 4.79 Å². The quantitative estimate of drug-likeness (QED) is 0.585. The number of nitrogens with zero attached hydrogens (tertiary/aromatic N) is 3. The zero-order valence-corrected chi connectivity index (χ0v) is 14.4. The fourth-order valence-electron chi connectivity index (χ4n) is 2.41. The van der Waals surface area contributed by atoms with E-state index in [-0.39, 0.29) is 12.5 Å². The maximum atomic E-state index is 11.8. The molecule has 0 aliphatic carbocycles. The number of rotatable bonds is 5. The van der Waals surface area contributed by atoms with Crippen LogP contribution in [0.15, 0.2) is 66.3 Å². The van der Waals surface area contributed by atoms with Gasteiger partial charge in [-0.15, -0.1) is 11.3 Å². The number of anilines is 1. The van der Waals surface area contributed by atoms with Gasteiger partial charge in [-0.25, -0.2) is 9.97 Å². The molecule has 0 aliphatic heterocycles. The molecule has 7 heteroatoms. The van der Waals surface area contributed by atoms with E-state index in [1.807, 2.05) is 48.5 Å². The van der Waals surface area contributed by atoms with E-state index >= 15 is 0 Å². The number of para-hydroxylation sites is 2. The molecular formula is C19H14N4O2S. The maximum Gasteiger partial charge on any atom is 0.264 e. The van der Waals surface area contributed by atoms with Crippen LogP contribution in [0.4, 0.5) is 5.13 Å². The molecule has 128 valence electrons. The van der Waals surface area contributed by atoms with E-state index < -0.39 is 0 Å². The van der Waals surface area contributed by atoms with Crippen molar-refractivity contribution in [1.82, 2.24) is 15.0 Å². The van der Waals surface area contributed by atoms with Gasteiger partial charge in [0, 0.05) is 17.1 Å². The van der Waals surface area contributed by atoms with Gasteiger partial charge in [-0.1, -0.05) is 12.1 Å². The molecule has 2 heterocycles. The second kappa shape index (κ2) is 7.28. The summed E-state index contributed by atoms with van der Waals surface area (Å²) in [4.78, 5) is 24.8. The van der Waals surface area contributed by atoms with E-state index in [4.69, 9.17) is 4.74 Å². The first-order chi connectivity index (χ1) is 12.8. The summed E-state index contributed by atoms with van der Waals surface area (Å²) < 4.78 is 5.51. The van der Waals surface area contributed by atoms with Gasteiger partial charge in [0.25, 0.3) is 5.91 Å². The van der Waals surface area contributed by atoms with Crippen molar-refractivity contribution in [2.24, 2.45) is 0 Å². The van der Waals surface area contributed by atoms with Crippen molar-refractivity contribution in [2.45, 2.75) is 0 Å². The van der Waals surface area contributed by atoms with Crippen LogP contribution < -0.4 is 10.1 Å². The SMILES string of the molecule is O=C(COc1ccc(-c2cnc3ccccc3n2)cc1)Nc1nccs1. The average Bonchev–Trinajstić information content (AvgIpc) is 3.19. The van der Waals surface area contributed by atoms with E-state index in [9.17, 15) is 4.79 Å². The molecule has 6 nitrogen and oxygen atoms in total. The molecule has 0 saturated heterocycles. The highest BCUT2D eigenvalue weighted by atomic mass is 32.1. The molecule has 0 saturated carbocycles. The summed E-state index contributed by atoms with van der Waals surface area (Å²) >= 11 is 1.36. The monoisotopic (exact) mass is 362 g/mol. The van der Waals surface area contributed by atoms with Crippen LogP contribution >= 0.6 is 11.3 Å². The van der Waals surface area contributed by atoms with Crippen LogP contribution in [0.3, 0.4) is 0 Å². The maximum absolute atomic E-state index is 11.8. The Morgan fingerprint density at radius 1 is 1.04 bits per heavy atom. The average molecular weight is 362 g/mol. The third-order valence-corrected chi connectivity index (χ3v) is 4.34. The van der Waals surface area contributed by atoms with Gasteiger partial charge in [-0.2, -0.15) is 0 Å². The molecular weight excluding hydrogens is 348 g/mol. The lowest BCUT2D eigenvalue weighted by Crippen LogP contribution is -2.19. The largest absolute Gasteiger partial charge is 0.484 e. The predicted octanol–water partition coefficient (Wildman–Crippen LogP) is 3.77. The predicted molar refractivity (Wildman–Crippen MR) is 101 cm³/mol. The number of aromatic nitrogens is 3. The Morgan fingerprint density at radius 2 is 1.85 bits per heavy atom. The Labute approximate surface area is 153 Å². The summed E-state index contributed by atoms with van der Waals surface area (Å²) in [5.41, 5.74) is 3.44. The van der Waals surface area contributed by atoms with E-state index in [1.165, 1.54) is 11.3 Å². The molecule has 0 unspecified atom stereocenters. The molecule has 1 amide bonds. The number of carbonyl (C=O) groups is 1. The molecule has 0 radical (unpaired) electrons. The first kappa shape index (κ1) is 16.2. The van der Waals surface area contributed by atoms with Gasteiger partial charge in [0.05, 0.1) is 22.9 Å². The lowest BCUT2D eigenvalue weighted by atomic mass is 10.1. The van der Waals surface area contributed by atoms with Gasteiger partial charge < -0.3 is 4.74 Å². The lowest BCUT2D eigenvalue weighted by molar-refractivity contribution is -0.118. The molecule has 0 spiro atoms. The van der Waals surface area contributed by atoms with Gasteiger partial charge >= 0.3 is 0 Å². The van der Waals surface area contributed by atoms with Crippen LogP contribution in [0.1, 0.15) is 0 Å². The number of nitrogens with one attached hydrogen (secondary N) is 1. The first-order valence-electron chi connectivity index (χ1n) is 7.92. The van der Waals surface area contributed by atoms with Crippen LogP contribution in [0.25, 0.3) is 22.3 Å². The van der Waals surface area contributed by atoms with Crippen LogP contribution in [0.5, 0.6) is 5.75 Å². The Bertz CT molecular complexity index is 1030. The van der Waals surface area contributed by atoms with Gasteiger partial charge in [-0.05, 0) is 36.4 Å². The summed E-state index contributed by atoms with van der Waals surface area (Å²) in [7, 11) is 0. The summed E-state index contributed by atoms with van der Waals surface area (Å²) in [6.45, 7) is -0.0747. The number of fused-ring (bicyclic) bond motifs is 1. The van der Waals surface area contributed by atoms with Crippen molar-refractivity contribution < 1.29 is 9.53 Å². The van der Waals surface area contributed by atoms with E-state index in [2.05, 4.69) is 20.3 Å². The third kappa shape index (κ3) is 3.68. The van der Waals surface area contributed by atoms with E-state index in [0.29, 0.717) is 10.9 Å². The number of carbonyl (C=O) groups excluding carboxylic acids is 1. The van der Waals surface area contributed by atoms with Crippen LogP contribution in [-0.4, -0.2) is 27.5 Å². The van der Waals surface area contributed by atoms with Crippen molar-refractivity contribution in [3.63, 3.8) is 0 Å². The standard InChI is InChI=1S/C19H14N4O2S/c24-18(23-19-20-9-10-26-19)12-25-14-7-5-13(6-8-14)17-11-21-15-3-1-2-4-16(15)22-17/h1-11H,12H2,(H,20,23,24). The molecule has 4 rings (SSSR count). The normalized spacial score (nSPS) is 10.6. The van der Waals surface area contributed by atoms with E-state index in [0.717, 1.165) is 22.3 Å². The highest BCUT2D eigenvalue weighted by Crippen LogP contribution is 2.22. The van der Waals surface area contributed by atoms with Crippen molar-refractivity contribution in [3.05, 3.63) is 66.3 Å². The minimum absolute atomic E-state index is 0.0747. The number of thiazole rings is 1. The summed E-state index contributed by atoms with van der Waals surface area (Å²) in [6.07, 6.45) is 3.38. The lowest BCUT2D eigenvalue weighted by Gasteiger charge is -2.07. The number of ether oxygens (including phenoxy) is 1. The fourth-order valence-corrected chi connectivity index (χ4v) is 2.95. The highest BCUT2D eigenvalue weighted by molar-refractivity contribution is 7.13. The summed E-state index contributed by atoms with van der Waals surface area (Å²) in [6, 6.07) is 15.2. The zero-order valence-electron chi connectivity index (χ0n) is 13.6. The van der Waals surface area contributed by atoms with Gasteiger partial charge in [0.1, 0.15) is 5.75 Å². The molecule has 0 aliphatic rings. The van der Waals surface area contributed by atoms with Gasteiger partial charge in [0.15, 0.2) is 11.7 Å². The van der Waals surface area contributed by atoms with E-state index in [1.54, 1.807) is 17.8 Å². The molecule has 0 atom stereocenters. The minimum Gasteiger partial charge on any atom is -0.484 e. The van der Waals surface area contributed by atoms with Crippen molar-refractivity contribution in [1.29, 1.82) is 0 Å². The summed E-state index contributed by atoms with van der Waals surface area (Å²) in [5, 5.41) is 5.03. The Hall–Kier alpha value is -3.32. The Morgan fingerprint density at radius 3 is 2.62 bits per heavy atom. The molecule has 26 heavy (non-hydrogen) atoms. The first-order valence-corrected chi connectivity index (χ1v) is 8.80. The third-order valence-electron chi connectivity index (χ3n) is 3.65. The van der Waals surface area contributed by atoms with Crippen molar-refractivity contribution in [3.8, 4) is 17.0 Å². The molecule has 4 aromatic rings. The van der Waals surface area contributed by atoms with Gasteiger partial charge in [0.2, 0.25) is 0 Å². The van der Waals surface area contributed by atoms with Gasteiger partial charge in [-0.3, -0.25) is 15.1 Å². The minimum atomic E-state index is -0.246.